The van der Waals surface area contributed by atoms with E-state index in [1.165, 1.54) is 0 Å². The lowest BCUT2D eigenvalue weighted by Gasteiger charge is -2.07. The van der Waals surface area contributed by atoms with Gasteiger partial charge in [0.25, 0.3) is 0 Å². The normalized spacial score (nSPS) is 12.4. The number of aromatic nitrogens is 2. The lowest BCUT2D eigenvalue weighted by atomic mass is 10.1. The van der Waals surface area contributed by atoms with Gasteiger partial charge in [0.1, 0.15) is 0 Å². The van der Waals surface area contributed by atoms with Gasteiger partial charge in [-0.15, -0.1) is 0 Å². The van der Waals surface area contributed by atoms with E-state index in [0.717, 1.165) is 6.42 Å². The predicted octanol–water partition coefficient (Wildman–Crippen LogP) is 0.412. The number of rotatable bonds is 7. The SMILES string of the molecule is Cc1nc(CCNC(=O)CCC(C)CN)no1. The zero-order chi connectivity index (χ0) is 12.7. The highest BCUT2D eigenvalue weighted by Crippen LogP contribution is 2.02. The van der Waals surface area contributed by atoms with E-state index in [2.05, 4.69) is 15.5 Å². The summed E-state index contributed by atoms with van der Waals surface area (Å²) in [5.74, 6) is 1.60. The summed E-state index contributed by atoms with van der Waals surface area (Å²) in [6, 6.07) is 0. The van der Waals surface area contributed by atoms with Crippen LogP contribution in [0.4, 0.5) is 0 Å². The molecule has 1 heterocycles. The van der Waals surface area contributed by atoms with Crippen LogP contribution >= 0.6 is 0 Å². The van der Waals surface area contributed by atoms with Crippen LogP contribution in [0.1, 0.15) is 31.5 Å². The fourth-order valence-corrected chi connectivity index (χ4v) is 1.34. The van der Waals surface area contributed by atoms with Crippen LogP contribution in [0.3, 0.4) is 0 Å². The van der Waals surface area contributed by atoms with Crippen molar-refractivity contribution in [2.24, 2.45) is 11.7 Å². The first kappa shape index (κ1) is 13.6. The first-order chi connectivity index (χ1) is 8.11. The van der Waals surface area contributed by atoms with Crippen molar-refractivity contribution >= 4 is 5.91 Å². The molecule has 0 fully saturated rings. The zero-order valence-electron chi connectivity index (χ0n) is 10.4. The van der Waals surface area contributed by atoms with Gasteiger partial charge in [0.15, 0.2) is 5.82 Å². The molecular formula is C11H20N4O2. The number of hydrogen-bond donors (Lipinski definition) is 2. The number of carbonyl (C=O) groups excluding carboxylic acids is 1. The molecule has 1 aromatic rings. The number of hydrogen-bond acceptors (Lipinski definition) is 5. The van der Waals surface area contributed by atoms with Gasteiger partial charge in [0, 0.05) is 26.3 Å². The molecule has 1 unspecified atom stereocenters. The standard InChI is InChI=1S/C11H20N4O2/c1-8(7-12)3-4-11(16)13-6-5-10-14-9(2)17-15-10/h8H,3-7,12H2,1-2H3,(H,13,16). The number of nitrogens with zero attached hydrogens (tertiary/aromatic N) is 2. The lowest BCUT2D eigenvalue weighted by Crippen LogP contribution is -2.26. The van der Waals surface area contributed by atoms with Crippen LogP contribution in [-0.4, -0.2) is 29.1 Å². The van der Waals surface area contributed by atoms with Crippen LogP contribution in [0, 0.1) is 12.8 Å². The first-order valence-electron chi connectivity index (χ1n) is 5.87. The van der Waals surface area contributed by atoms with Crippen molar-refractivity contribution in [3.05, 3.63) is 11.7 Å². The second-order valence-corrected chi connectivity index (χ2v) is 4.21. The van der Waals surface area contributed by atoms with Crippen molar-refractivity contribution in [1.29, 1.82) is 0 Å². The Bertz CT molecular complexity index is 351. The highest BCUT2D eigenvalue weighted by Gasteiger charge is 2.06. The third-order valence-electron chi connectivity index (χ3n) is 2.51. The molecule has 0 aliphatic carbocycles. The summed E-state index contributed by atoms with van der Waals surface area (Å²) in [4.78, 5) is 15.5. The molecule has 0 spiro atoms. The molecule has 0 saturated heterocycles. The maximum absolute atomic E-state index is 11.4. The van der Waals surface area contributed by atoms with E-state index in [-0.39, 0.29) is 5.91 Å². The summed E-state index contributed by atoms with van der Waals surface area (Å²) >= 11 is 0. The molecule has 0 aliphatic heterocycles. The molecule has 96 valence electrons. The van der Waals surface area contributed by atoms with Gasteiger partial charge in [0.2, 0.25) is 11.8 Å². The van der Waals surface area contributed by atoms with Gasteiger partial charge in [0.05, 0.1) is 0 Å². The summed E-state index contributed by atoms with van der Waals surface area (Å²) in [5.41, 5.74) is 5.48. The van der Waals surface area contributed by atoms with E-state index in [9.17, 15) is 4.79 Å². The molecule has 0 saturated carbocycles. The highest BCUT2D eigenvalue weighted by atomic mass is 16.5. The Morgan fingerprint density at radius 1 is 1.59 bits per heavy atom. The molecule has 17 heavy (non-hydrogen) atoms. The van der Waals surface area contributed by atoms with Gasteiger partial charge in [-0.05, 0) is 18.9 Å². The fraction of sp³-hybridized carbons (Fsp3) is 0.727. The molecule has 1 atom stereocenters. The molecule has 3 N–H and O–H groups in total. The summed E-state index contributed by atoms with van der Waals surface area (Å²) in [7, 11) is 0. The largest absolute Gasteiger partial charge is 0.356 e. The Morgan fingerprint density at radius 2 is 2.35 bits per heavy atom. The zero-order valence-corrected chi connectivity index (χ0v) is 10.4. The van der Waals surface area contributed by atoms with Crippen LogP contribution in [0.2, 0.25) is 0 Å². The molecule has 6 heteroatoms. The molecule has 1 rings (SSSR count). The third-order valence-corrected chi connectivity index (χ3v) is 2.51. The summed E-state index contributed by atoms with van der Waals surface area (Å²) in [6.45, 7) is 4.93. The maximum Gasteiger partial charge on any atom is 0.223 e. The molecular weight excluding hydrogens is 220 g/mol. The number of amides is 1. The van der Waals surface area contributed by atoms with Gasteiger partial charge in [-0.3, -0.25) is 4.79 Å². The van der Waals surface area contributed by atoms with E-state index in [0.29, 0.717) is 43.6 Å². The van der Waals surface area contributed by atoms with Crippen molar-refractivity contribution in [3.8, 4) is 0 Å². The van der Waals surface area contributed by atoms with Crippen molar-refractivity contribution in [2.75, 3.05) is 13.1 Å². The molecule has 0 bridgehead atoms. The average molecular weight is 240 g/mol. The van der Waals surface area contributed by atoms with Crippen molar-refractivity contribution in [3.63, 3.8) is 0 Å². The number of aryl methyl sites for hydroxylation is 1. The van der Waals surface area contributed by atoms with Gasteiger partial charge < -0.3 is 15.6 Å². The van der Waals surface area contributed by atoms with Crippen molar-refractivity contribution in [1.82, 2.24) is 15.5 Å². The average Bonchev–Trinajstić information content (AvgIpc) is 2.72. The summed E-state index contributed by atoms with van der Waals surface area (Å²) in [6.07, 6.45) is 1.93. The van der Waals surface area contributed by atoms with Crippen LogP contribution in [-0.2, 0) is 11.2 Å². The van der Waals surface area contributed by atoms with Gasteiger partial charge >= 0.3 is 0 Å². The highest BCUT2D eigenvalue weighted by molar-refractivity contribution is 5.75. The van der Waals surface area contributed by atoms with E-state index in [4.69, 9.17) is 10.3 Å². The quantitative estimate of drug-likeness (QED) is 0.720. The Labute approximate surface area is 101 Å². The minimum atomic E-state index is 0.0468. The Balaban J connectivity index is 2.12. The first-order valence-corrected chi connectivity index (χ1v) is 5.87. The number of nitrogens with one attached hydrogen (secondary N) is 1. The number of carbonyl (C=O) groups is 1. The van der Waals surface area contributed by atoms with Crippen LogP contribution < -0.4 is 11.1 Å². The molecule has 1 amide bonds. The van der Waals surface area contributed by atoms with E-state index in [1.54, 1.807) is 6.92 Å². The van der Waals surface area contributed by atoms with E-state index in [1.807, 2.05) is 6.92 Å². The van der Waals surface area contributed by atoms with Gasteiger partial charge in [-0.2, -0.15) is 4.98 Å². The maximum atomic E-state index is 11.4. The third kappa shape index (κ3) is 5.44. The second-order valence-electron chi connectivity index (χ2n) is 4.21. The minimum absolute atomic E-state index is 0.0468. The Kier molecular flexibility index (Phi) is 5.62. The van der Waals surface area contributed by atoms with Gasteiger partial charge in [-0.1, -0.05) is 12.1 Å². The molecule has 0 radical (unpaired) electrons. The molecule has 0 aromatic carbocycles. The van der Waals surface area contributed by atoms with Crippen LogP contribution in [0.25, 0.3) is 0 Å². The molecule has 0 aliphatic rings. The predicted molar refractivity (Wildman–Crippen MR) is 63.2 cm³/mol. The van der Waals surface area contributed by atoms with Gasteiger partial charge in [-0.25, -0.2) is 0 Å². The van der Waals surface area contributed by atoms with E-state index >= 15 is 0 Å². The fourth-order valence-electron chi connectivity index (χ4n) is 1.34. The Morgan fingerprint density at radius 3 is 2.94 bits per heavy atom. The minimum Gasteiger partial charge on any atom is -0.356 e. The molecule has 1 aromatic heterocycles. The summed E-state index contributed by atoms with van der Waals surface area (Å²) < 4.78 is 4.83. The molecule has 6 nitrogen and oxygen atoms in total. The van der Waals surface area contributed by atoms with Crippen LogP contribution in [0.5, 0.6) is 0 Å². The van der Waals surface area contributed by atoms with Crippen LogP contribution in [0.15, 0.2) is 4.52 Å². The van der Waals surface area contributed by atoms with E-state index < -0.39 is 0 Å². The van der Waals surface area contributed by atoms with Crippen molar-refractivity contribution in [2.45, 2.75) is 33.1 Å². The Hall–Kier alpha value is -1.43. The van der Waals surface area contributed by atoms with Crippen molar-refractivity contribution < 1.29 is 9.32 Å². The number of nitrogens with two attached hydrogens (primary N) is 1. The monoisotopic (exact) mass is 240 g/mol. The smallest absolute Gasteiger partial charge is 0.223 e. The summed E-state index contributed by atoms with van der Waals surface area (Å²) in [5, 5.41) is 6.56. The topological polar surface area (TPSA) is 94.0 Å². The lowest BCUT2D eigenvalue weighted by molar-refractivity contribution is -0.121. The second kappa shape index (κ2) is 7.01.